The van der Waals surface area contributed by atoms with Crippen LogP contribution in [-0.2, 0) is 20.8 Å². The van der Waals surface area contributed by atoms with Crippen LogP contribution in [0.4, 0.5) is 16.3 Å². The van der Waals surface area contributed by atoms with Gasteiger partial charge in [0.05, 0.1) is 12.0 Å². The Morgan fingerprint density at radius 1 is 1.10 bits per heavy atom. The number of halogens is 1. The van der Waals surface area contributed by atoms with E-state index in [-0.39, 0.29) is 12.3 Å². The molecule has 1 aliphatic heterocycles. The lowest BCUT2D eigenvalue weighted by molar-refractivity contribution is -0.156. The fourth-order valence-electron chi connectivity index (χ4n) is 4.62. The van der Waals surface area contributed by atoms with E-state index in [1.165, 1.54) is 18.0 Å². The van der Waals surface area contributed by atoms with Crippen LogP contribution < -0.4 is 15.5 Å². The molecule has 0 radical (unpaired) electrons. The topological polar surface area (TPSA) is 125 Å². The molecule has 1 fully saturated rings. The number of amides is 5. The van der Waals surface area contributed by atoms with Crippen molar-refractivity contribution < 1.29 is 19.2 Å². The number of imide groups is 1. The van der Waals surface area contributed by atoms with Crippen molar-refractivity contribution in [2.75, 3.05) is 17.3 Å². The number of hydrogen-bond donors (Lipinski definition) is 2. The predicted octanol–water partition coefficient (Wildman–Crippen LogP) is 3.98. The van der Waals surface area contributed by atoms with Gasteiger partial charge in [-0.2, -0.15) is 0 Å². The van der Waals surface area contributed by atoms with Gasteiger partial charge in [0.15, 0.2) is 0 Å². The summed E-state index contributed by atoms with van der Waals surface area (Å²) >= 11 is 6.14. The van der Waals surface area contributed by atoms with Gasteiger partial charge in [0.2, 0.25) is 11.8 Å². The predicted molar refractivity (Wildman–Crippen MR) is 147 cm³/mol. The summed E-state index contributed by atoms with van der Waals surface area (Å²) in [5.74, 6) is -1.60. The van der Waals surface area contributed by atoms with Gasteiger partial charge >= 0.3 is 6.03 Å². The monoisotopic (exact) mass is 548 g/mol. The summed E-state index contributed by atoms with van der Waals surface area (Å²) < 4.78 is 0. The number of aromatic nitrogens is 2. The lowest BCUT2D eigenvalue weighted by Gasteiger charge is -2.46. The number of nitrogens with one attached hydrogen (secondary N) is 2. The minimum Gasteiger partial charge on any atom is -0.331 e. The summed E-state index contributed by atoms with van der Waals surface area (Å²) in [7, 11) is 1.59. The van der Waals surface area contributed by atoms with Gasteiger partial charge < -0.3 is 15.5 Å². The molecule has 39 heavy (non-hydrogen) atoms. The Balaban J connectivity index is 1.60. The smallest absolute Gasteiger partial charge is 0.325 e. The molecule has 4 rings (SSSR count). The van der Waals surface area contributed by atoms with Crippen molar-refractivity contribution in [3.8, 4) is 0 Å². The highest BCUT2D eigenvalue weighted by Crippen LogP contribution is 2.33. The molecule has 1 aliphatic rings. The molecule has 2 aromatic heterocycles. The molecule has 10 nitrogen and oxygen atoms in total. The molecule has 3 aromatic rings. The third-order valence-corrected chi connectivity index (χ3v) is 6.84. The maximum absolute atomic E-state index is 13.7. The van der Waals surface area contributed by atoms with Crippen molar-refractivity contribution in [1.29, 1.82) is 0 Å². The molecule has 0 saturated carbocycles. The van der Waals surface area contributed by atoms with Crippen LogP contribution in [0.15, 0.2) is 67.1 Å². The number of likely N-dealkylation sites (tertiary alicyclic amines) is 1. The standard InChI is InChI=1S/C28H29ClN6O4/c1-4-23(19-6-5-7-20(29)16-19)33-28(39)35-25(27(38)34(3)21-9-11-30-12-10-21)22(26(35)37)14-18-8-13-31-24(15-18)32-17(2)36/h5-13,15-16,22-23,25H,4,14H2,1-3H3,(H,33,39)(H,31,32,36)/t22-,23-,25+/m1/s1. The zero-order valence-corrected chi connectivity index (χ0v) is 22.6. The van der Waals surface area contributed by atoms with E-state index in [1.54, 1.807) is 61.9 Å². The van der Waals surface area contributed by atoms with Crippen LogP contribution in [0.2, 0.25) is 5.02 Å². The first-order chi connectivity index (χ1) is 18.7. The van der Waals surface area contributed by atoms with E-state index >= 15 is 0 Å². The number of urea groups is 1. The van der Waals surface area contributed by atoms with E-state index in [0.717, 1.165) is 10.5 Å². The number of likely N-dealkylation sites (N-methyl/N-ethyl adjacent to an activating group) is 1. The zero-order valence-electron chi connectivity index (χ0n) is 21.8. The number of hydrogen-bond acceptors (Lipinski definition) is 6. The highest BCUT2D eigenvalue weighted by molar-refractivity contribution is 6.30. The number of nitrogens with zero attached hydrogens (tertiary/aromatic N) is 4. The first kappa shape index (κ1) is 27.7. The van der Waals surface area contributed by atoms with Crippen LogP contribution in [0.1, 0.15) is 37.4 Å². The van der Waals surface area contributed by atoms with Crippen LogP contribution in [0, 0.1) is 5.92 Å². The molecular formula is C28H29ClN6O4. The van der Waals surface area contributed by atoms with Gasteiger partial charge in [-0.3, -0.25) is 24.3 Å². The second-order valence-electron chi connectivity index (χ2n) is 9.26. The average Bonchev–Trinajstić information content (AvgIpc) is 2.92. The molecular weight excluding hydrogens is 520 g/mol. The van der Waals surface area contributed by atoms with E-state index in [1.807, 2.05) is 13.0 Å². The van der Waals surface area contributed by atoms with Crippen LogP contribution in [-0.4, -0.2) is 51.7 Å². The second kappa shape index (κ2) is 12.0. The van der Waals surface area contributed by atoms with Gasteiger partial charge in [-0.15, -0.1) is 0 Å². The van der Waals surface area contributed by atoms with Gasteiger partial charge in [0.25, 0.3) is 5.91 Å². The van der Waals surface area contributed by atoms with E-state index in [4.69, 9.17) is 11.6 Å². The third-order valence-electron chi connectivity index (χ3n) is 6.61. The molecule has 202 valence electrons. The summed E-state index contributed by atoms with van der Waals surface area (Å²) in [5.41, 5.74) is 2.07. The van der Waals surface area contributed by atoms with Crippen molar-refractivity contribution >= 4 is 46.9 Å². The average molecular weight is 549 g/mol. The van der Waals surface area contributed by atoms with Crippen molar-refractivity contribution in [3.05, 3.63) is 83.3 Å². The zero-order chi connectivity index (χ0) is 28.1. The number of pyridine rings is 2. The minimum atomic E-state index is -1.04. The van der Waals surface area contributed by atoms with E-state index in [2.05, 4.69) is 20.6 Å². The highest BCUT2D eigenvalue weighted by Gasteiger charge is 2.55. The first-order valence-electron chi connectivity index (χ1n) is 12.5. The fourth-order valence-corrected chi connectivity index (χ4v) is 4.82. The molecule has 3 heterocycles. The van der Waals surface area contributed by atoms with Gasteiger partial charge in [-0.1, -0.05) is 30.7 Å². The van der Waals surface area contributed by atoms with Crippen molar-refractivity contribution in [2.45, 2.75) is 38.8 Å². The first-order valence-corrected chi connectivity index (χ1v) is 12.9. The lowest BCUT2D eigenvalue weighted by Crippen LogP contribution is -2.70. The fraction of sp³-hybridized carbons (Fsp3) is 0.286. The Bertz CT molecular complexity index is 1390. The Morgan fingerprint density at radius 2 is 1.85 bits per heavy atom. The Kier molecular flexibility index (Phi) is 8.55. The van der Waals surface area contributed by atoms with E-state index < -0.39 is 35.8 Å². The molecule has 0 spiro atoms. The number of carbonyl (C=O) groups excluding carboxylic acids is 4. The molecule has 1 aromatic carbocycles. The van der Waals surface area contributed by atoms with Gasteiger partial charge in [-0.25, -0.2) is 9.78 Å². The number of carbonyl (C=O) groups is 4. The van der Waals surface area contributed by atoms with Crippen molar-refractivity contribution in [2.24, 2.45) is 5.92 Å². The maximum Gasteiger partial charge on any atom is 0.325 e. The van der Waals surface area contributed by atoms with Crippen LogP contribution in [0.3, 0.4) is 0 Å². The molecule has 0 aliphatic carbocycles. The largest absolute Gasteiger partial charge is 0.331 e. The van der Waals surface area contributed by atoms with E-state index in [0.29, 0.717) is 28.5 Å². The molecule has 1 saturated heterocycles. The maximum atomic E-state index is 13.7. The molecule has 5 amide bonds. The Hall–Kier alpha value is -4.31. The van der Waals surface area contributed by atoms with Crippen LogP contribution in [0.5, 0.6) is 0 Å². The summed E-state index contributed by atoms with van der Waals surface area (Å²) in [5, 5.41) is 6.04. The SMILES string of the molecule is CC[C@@H](NC(=O)N1C(=O)[C@H](Cc2ccnc(NC(C)=O)c2)[C@H]1C(=O)N(C)c1ccncc1)c1cccc(Cl)c1. The number of anilines is 2. The van der Waals surface area contributed by atoms with Gasteiger partial charge in [0.1, 0.15) is 11.9 Å². The minimum absolute atomic E-state index is 0.184. The summed E-state index contributed by atoms with van der Waals surface area (Å²) in [6, 6.07) is 11.7. The Morgan fingerprint density at radius 3 is 2.51 bits per heavy atom. The summed E-state index contributed by atoms with van der Waals surface area (Å²) in [6.45, 7) is 3.28. The summed E-state index contributed by atoms with van der Waals surface area (Å²) in [4.78, 5) is 62.5. The summed E-state index contributed by atoms with van der Waals surface area (Å²) in [6.07, 6.45) is 5.37. The number of β-lactam (4-membered cyclic amide) rings is 1. The molecule has 0 bridgehead atoms. The lowest BCUT2D eigenvalue weighted by atomic mass is 9.81. The molecule has 0 unspecified atom stereocenters. The molecule has 11 heteroatoms. The molecule has 2 N–H and O–H groups in total. The normalized spacial score (nSPS) is 17.1. The van der Waals surface area contributed by atoms with Crippen molar-refractivity contribution in [1.82, 2.24) is 20.2 Å². The van der Waals surface area contributed by atoms with E-state index in [9.17, 15) is 19.2 Å². The van der Waals surface area contributed by atoms with Gasteiger partial charge in [-0.05, 0) is 60.4 Å². The van der Waals surface area contributed by atoms with Crippen LogP contribution >= 0.6 is 11.6 Å². The second-order valence-corrected chi connectivity index (χ2v) is 9.70. The Labute approximate surface area is 231 Å². The third kappa shape index (κ3) is 6.23. The van der Waals surface area contributed by atoms with Crippen molar-refractivity contribution in [3.63, 3.8) is 0 Å². The van der Waals surface area contributed by atoms with Crippen LogP contribution in [0.25, 0.3) is 0 Å². The number of benzene rings is 1. The van der Waals surface area contributed by atoms with Gasteiger partial charge in [0, 0.05) is 43.3 Å². The highest BCUT2D eigenvalue weighted by atomic mass is 35.5. The number of rotatable bonds is 8. The molecule has 3 atom stereocenters. The quantitative estimate of drug-likeness (QED) is 0.410.